The van der Waals surface area contributed by atoms with Crippen molar-refractivity contribution in [3.8, 4) is 5.75 Å². The molecule has 1 aromatic carbocycles. The summed E-state index contributed by atoms with van der Waals surface area (Å²) in [5.74, 6) is 0.567. The average molecular weight is 383 g/mol. The molecule has 2 aromatic heterocycles. The summed E-state index contributed by atoms with van der Waals surface area (Å²) in [6, 6.07) is 5.59. The maximum Gasteiger partial charge on any atom is 0.274 e. The lowest BCUT2D eigenvalue weighted by Crippen LogP contribution is -2.26. The molecule has 27 heavy (non-hydrogen) atoms. The van der Waals surface area contributed by atoms with Gasteiger partial charge in [-0.1, -0.05) is 25.2 Å². The zero-order valence-electron chi connectivity index (χ0n) is 15.7. The van der Waals surface area contributed by atoms with Gasteiger partial charge in [-0.05, 0) is 42.5 Å². The number of rotatable bonds is 3. The molecule has 0 saturated heterocycles. The first kappa shape index (κ1) is 17.7. The van der Waals surface area contributed by atoms with Crippen LogP contribution in [0.5, 0.6) is 5.75 Å². The number of thiazole rings is 1. The first-order valence-corrected chi connectivity index (χ1v) is 9.59. The SMILES string of the molecule is COc1ccc2nc(NC(=O)c3[nH]c4c(c3C)C(=O)CC(C)(C)C4)sc2c1. The zero-order valence-corrected chi connectivity index (χ0v) is 16.5. The van der Waals surface area contributed by atoms with Crippen molar-refractivity contribution in [2.45, 2.75) is 33.6 Å². The summed E-state index contributed by atoms with van der Waals surface area (Å²) in [6.45, 7) is 5.96. The Hall–Kier alpha value is -2.67. The molecular weight excluding hydrogens is 362 g/mol. The molecule has 6 nitrogen and oxygen atoms in total. The second kappa shape index (κ2) is 6.20. The van der Waals surface area contributed by atoms with E-state index in [1.807, 2.05) is 25.1 Å². The number of carbonyl (C=O) groups excluding carboxylic acids is 2. The minimum absolute atomic E-state index is 0.0960. The van der Waals surface area contributed by atoms with E-state index in [9.17, 15) is 9.59 Å². The molecule has 7 heteroatoms. The molecule has 1 aliphatic carbocycles. The van der Waals surface area contributed by atoms with E-state index in [4.69, 9.17) is 4.74 Å². The van der Waals surface area contributed by atoms with Crippen molar-refractivity contribution in [2.24, 2.45) is 5.41 Å². The fraction of sp³-hybridized carbons (Fsp3) is 0.350. The summed E-state index contributed by atoms with van der Waals surface area (Å²) in [5, 5.41) is 3.37. The van der Waals surface area contributed by atoms with E-state index in [0.29, 0.717) is 28.4 Å². The molecule has 4 rings (SSSR count). The number of anilines is 1. The second-order valence-corrected chi connectivity index (χ2v) is 8.76. The summed E-state index contributed by atoms with van der Waals surface area (Å²) in [4.78, 5) is 33.0. The number of aromatic amines is 1. The molecule has 2 heterocycles. The predicted molar refractivity (Wildman–Crippen MR) is 106 cm³/mol. The molecule has 140 valence electrons. The van der Waals surface area contributed by atoms with Crippen LogP contribution < -0.4 is 10.1 Å². The lowest BCUT2D eigenvalue weighted by Gasteiger charge is -2.28. The third kappa shape index (κ3) is 3.12. The van der Waals surface area contributed by atoms with Gasteiger partial charge in [-0.25, -0.2) is 4.98 Å². The first-order valence-electron chi connectivity index (χ1n) is 8.78. The maximum absolute atomic E-state index is 12.8. The maximum atomic E-state index is 12.8. The van der Waals surface area contributed by atoms with Gasteiger partial charge in [0.25, 0.3) is 5.91 Å². The van der Waals surface area contributed by atoms with Gasteiger partial charge in [0.2, 0.25) is 0 Å². The Labute approximate surface area is 161 Å². The molecule has 3 aromatic rings. The Balaban J connectivity index is 1.63. The van der Waals surface area contributed by atoms with Crippen molar-refractivity contribution in [3.05, 3.63) is 40.7 Å². The van der Waals surface area contributed by atoms with Crippen LogP contribution in [-0.4, -0.2) is 28.8 Å². The third-order valence-electron chi connectivity index (χ3n) is 4.94. The van der Waals surface area contributed by atoms with Crippen LogP contribution in [0.25, 0.3) is 10.2 Å². The first-order chi connectivity index (χ1) is 12.8. The van der Waals surface area contributed by atoms with Crippen LogP contribution in [0.15, 0.2) is 18.2 Å². The van der Waals surface area contributed by atoms with Gasteiger partial charge < -0.3 is 9.72 Å². The monoisotopic (exact) mass is 383 g/mol. The number of ketones is 1. The number of carbonyl (C=O) groups is 2. The minimum Gasteiger partial charge on any atom is -0.497 e. The number of nitrogens with one attached hydrogen (secondary N) is 2. The van der Waals surface area contributed by atoms with Crippen LogP contribution in [0, 0.1) is 12.3 Å². The molecule has 1 amide bonds. The summed E-state index contributed by atoms with van der Waals surface area (Å²) in [7, 11) is 1.61. The largest absolute Gasteiger partial charge is 0.497 e. The number of fused-ring (bicyclic) bond motifs is 2. The topological polar surface area (TPSA) is 84.1 Å². The van der Waals surface area contributed by atoms with Crippen LogP contribution in [-0.2, 0) is 6.42 Å². The Kier molecular flexibility index (Phi) is 4.07. The zero-order chi connectivity index (χ0) is 19.3. The van der Waals surface area contributed by atoms with Gasteiger partial charge >= 0.3 is 0 Å². The molecule has 0 aliphatic heterocycles. The summed E-state index contributed by atoms with van der Waals surface area (Å²) < 4.78 is 6.16. The summed E-state index contributed by atoms with van der Waals surface area (Å²) >= 11 is 1.39. The highest BCUT2D eigenvalue weighted by molar-refractivity contribution is 7.22. The smallest absolute Gasteiger partial charge is 0.274 e. The number of methoxy groups -OCH3 is 1. The predicted octanol–water partition coefficient (Wildman–Crippen LogP) is 4.35. The number of ether oxygens (including phenoxy) is 1. The lowest BCUT2D eigenvalue weighted by atomic mass is 9.75. The number of aromatic nitrogens is 2. The van der Waals surface area contributed by atoms with E-state index in [2.05, 4.69) is 29.1 Å². The van der Waals surface area contributed by atoms with Crippen molar-refractivity contribution in [3.63, 3.8) is 0 Å². The molecule has 0 fully saturated rings. The second-order valence-electron chi connectivity index (χ2n) is 7.73. The van der Waals surface area contributed by atoms with Gasteiger partial charge in [-0.3, -0.25) is 14.9 Å². The Morgan fingerprint density at radius 3 is 2.85 bits per heavy atom. The van der Waals surface area contributed by atoms with E-state index in [0.717, 1.165) is 28.1 Å². The number of hydrogen-bond donors (Lipinski definition) is 2. The van der Waals surface area contributed by atoms with Crippen molar-refractivity contribution in [1.82, 2.24) is 9.97 Å². The number of benzene rings is 1. The Morgan fingerprint density at radius 2 is 2.11 bits per heavy atom. The molecule has 1 aliphatic rings. The number of nitrogens with zero attached hydrogens (tertiary/aromatic N) is 1. The van der Waals surface area contributed by atoms with Crippen LogP contribution in [0.2, 0.25) is 0 Å². The van der Waals surface area contributed by atoms with Gasteiger partial charge in [0.1, 0.15) is 11.4 Å². The van der Waals surface area contributed by atoms with E-state index in [-0.39, 0.29) is 17.1 Å². The Bertz CT molecular complexity index is 1080. The van der Waals surface area contributed by atoms with Crippen LogP contribution in [0.1, 0.15) is 52.4 Å². The standard InChI is InChI=1S/C20H21N3O3S/c1-10-16-13(8-20(2,3)9-14(16)24)21-17(10)18(25)23-19-22-12-6-5-11(26-4)7-15(12)27-19/h5-7,21H,8-9H2,1-4H3,(H,22,23,25). The highest BCUT2D eigenvalue weighted by atomic mass is 32.1. The van der Waals surface area contributed by atoms with Gasteiger partial charge in [0.15, 0.2) is 10.9 Å². The molecule has 0 saturated carbocycles. The molecule has 0 atom stereocenters. The number of H-pyrrole nitrogens is 1. The molecule has 0 radical (unpaired) electrons. The van der Waals surface area contributed by atoms with Gasteiger partial charge in [-0.2, -0.15) is 0 Å². The van der Waals surface area contributed by atoms with Crippen LogP contribution >= 0.6 is 11.3 Å². The Morgan fingerprint density at radius 1 is 1.33 bits per heavy atom. The molecule has 0 bridgehead atoms. The van der Waals surface area contributed by atoms with Crippen molar-refractivity contribution >= 4 is 38.4 Å². The minimum atomic E-state index is -0.279. The number of Topliss-reactive ketones (excluding diaryl/α,β-unsaturated/α-hetero) is 1. The van der Waals surface area contributed by atoms with Crippen LogP contribution in [0.4, 0.5) is 5.13 Å². The van der Waals surface area contributed by atoms with E-state index < -0.39 is 0 Å². The van der Waals surface area contributed by atoms with Crippen LogP contribution in [0.3, 0.4) is 0 Å². The molecule has 2 N–H and O–H groups in total. The number of amides is 1. The highest BCUT2D eigenvalue weighted by Crippen LogP contribution is 2.37. The van der Waals surface area contributed by atoms with E-state index >= 15 is 0 Å². The fourth-order valence-electron chi connectivity index (χ4n) is 3.70. The third-order valence-corrected chi connectivity index (χ3v) is 5.88. The van der Waals surface area contributed by atoms with Crippen molar-refractivity contribution < 1.29 is 14.3 Å². The normalized spacial score (nSPS) is 15.6. The number of hydrogen-bond acceptors (Lipinski definition) is 5. The quantitative estimate of drug-likeness (QED) is 0.704. The average Bonchev–Trinajstić information content (AvgIpc) is 3.13. The fourth-order valence-corrected chi connectivity index (χ4v) is 4.59. The van der Waals surface area contributed by atoms with Gasteiger partial charge in [0.05, 0.1) is 17.3 Å². The lowest BCUT2D eigenvalue weighted by molar-refractivity contribution is 0.0910. The molecule has 0 spiro atoms. The van der Waals surface area contributed by atoms with Crippen molar-refractivity contribution in [1.29, 1.82) is 0 Å². The summed E-state index contributed by atoms with van der Waals surface area (Å²) in [5.41, 5.74) is 3.38. The van der Waals surface area contributed by atoms with E-state index in [1.54, 1.807) is 7.11 Å². The van der Waals surface area contributed by atoms with Crippen molar-refractivity contribution in [2.75, 3.05) is 12.4 Å². The van der Waals surface area contributed by atoms with E-state index in [1.165, 1.54) is 11.3 Å². The molecule has 0 unspecified atom stereocenters. The summed E-state index contributed by atoms with van der Waals surface area (Å²) in [6.07, 6.45) is 1.25. The van der Waals surface area contributed by atoms with Gasteiger partial charge in [-0.15, -0.1) is 0 Å². The van der Waals surface area contributed by atoms with Gasteiger partial charge in [0, 0.05) is 17.7 Å². The molecular formula is C20H21N3O3S. The highest BCUT2D eigenvalue weighted by Gasteiger charge is 2.35.